The van der Waals surface area contributed by atoms with E-state index in [1.54, 1.807) is 6.92 Å². The zero-order valence-electron chi connectivity index (χ0n) is 13.4. The number of nitrogens with one attached hydrogen (secondary N) is 1. The molecule has 116 valence electrons. The zero-order chi connectivity index (χ0) is 15.9. The maximum absolute atomic E-state index is 12.1. The van der Waals surface area contributed by atoms with Crippen LogP contribution < -0.4 is 10.1 Å². The molecule has 3 nitrogen and oxygen atoms in total. The molecule has 2 aromatic carbocycles. The third kappa shape index (κ3) is 4.35. The van der Waals surface area contributed by atoms with Gasteiger partial charge in [0.05, 0.1) is 0 Å². The van der Waals surface area contributed by atoms with Crippen LogP contribution in [0.1, 0.15) is 23.6 Å². The first kappa shape index (κ1) is 16.1. The van der Waals surface area contributed by atoms with E-state index in [1.807, 2.05) is 50.2 Å². The number of hydrogen-bond donors (Lipinski definition) is 1. The maximum atomic E-state index is 12.1. The molecule has 0 radical (unpaired) electrons. The molecule has 0 aliphatic rings. The Balaban J connectivity index is 1.83. The van der Waals surface area contributed by atoms with E-state index in [-0.39, 0.29) is 5.91 Å². The third-order valence-electron chi connectivity index (χ3n) is 3.78. The lowest BCUT2D eigenvalue weighted by atomic mass is 10.1. The summed E-state index contributed by atoms with van der Waals surface area (Å²) in [5.74, 6) is 0.683. The topological polar surface area (TPSA) is 38.3 Å². The van der Waals surface area contributed by atoms with Crippen LogP contribution in [0.3, 0.4) is 0 Å². The summed E-state index contributed by atoms with van der Waals surface area (Å²) in [6, 6.07) is 16.0. The predicted molar refractivity (Wildman–Crippen MR) is 89.2 cm³/mol. The molecular weight excluding hydrogens is 274 g/mol. The molecule has 1 amide bonds. The van der Waals surface area contributed by atoms with Crippen molar-refractivity contribution in [1.29, 1.82) is 0 Å². The SMILES string of the molecule is Cc1cccc(O[C@@H](C)C(=O)NCCc2ccccc2)c1C. The van der Waals surface area contributed by atoms with Crippen molar-refractivity contribution in [1.82, 2.24) is 5.32 Å². The Morgan fingerprint density at radius 2 is 1.82 bits per heavy atom. The average molecular weight is 297 g/mol. The lowest BCUT2D eigenvalue weighted by molar-refractivity contribution is -0.127. The number of carbonyl (C=O) groups is 1. The lowest BCUT2D eigenvalue weighted by Gasteiger charge is -2.17. The van der Waals surface area contributed by atoms with Gasteiger partial charge in [0.15, 0.2) is 6.10 Å². The van der Waals surface area contributed by atoms with Crippen LogP contribution in [0, 0.1) is 13.8 Å². The molecule has 0 saturated carbocycles. The van der Waals surface area contributed by atoms with Gasteiger partial charge in [0.1, 0.15) is 5.75 Å². The van der Waals surface area contributed by atoms with Crippen molar-refractivity contribution in [2.24, 2.45) is 0 Å². The van der Waals surface area contributed by atoms with Gasteiger partial charge in [-0.05, 0) is 49.9 Å². The first-order chi connectivity index (χ1) is 10.6. The van der Waals surface area contributed by atoms with Gasteiger partial charge in [0.2, 0.25) is 0 Å². The van der Waals surface area contributed by atoms with Gasteiger partial charge >= 0.3 is 0 Å². The number of amides is 1. The number of hydrogen-bond acceptors (Lipinski definition) is 2. The summed E-state index contributed by atoms with van der Waals surface area (Å²) in [7, 11) is 0. The number of ether oxygens (including phenoxy) is 1. The van der Waals surface area contributed by atoms with Gasteiger partial charge in [-0.15, -0.1) is 0 Å². The van der Waals surface area contributed by atoms with Crippen molar-refractivity contribution in [3.63, 3.8) is 0 Å². The predicted octanol–water partition coefficient (Wildman–Crippen LogP) is 3.43. The van der Waals surface area contributed by atoms with Crippen molar-refractivity contribution in [2.75, 3.05) is 6.54 Å². The Morgan fingerprint density at radius 1 is 1.09 bits per heavy atom. The fourth-order valence-electron chi connectivity index (χ4n) is 2.21. The smallest absolute Gasteiger partial charge is 0.260 e. The fraction of sp³-hybridized carbons (Fsp3) is 0.316. The molecule has 0 unspecified atom stereocenters. The molecule has 0 saturated heterocycles. The second-order valence-corrected chi connectivity index (χ2v) is 5.48. The summed E-state index contributed by atoms with van der Waals surface area (Å²) in [6.07, 6.45) is 0.319. The highest BCUT2D eigenvalue weighted by molar-refractivity contribution is 5.80. The van der Waals surface area contributed by atoms with Gasteiger partial charge < -0.3 is 10.1 Å². The maximum Gasteiger partial charge on any atom is 0.260 e. The Labute approximate surface area is 132 Å². The van der Waals surface area contributed by atoms with Gasteiger partial charge in [-0.1, -0.05) is 42.5 Å². The summed E-state index contributed by atoms with van der Waals surface area (Å²) in [6.45, 7) is 6.43. The van der Waals surface area contributed by atoms with Gasteiger partial charge in [0, 0.05) is 6.54 Å². The van der Waals surface area contributed by atoms with Crippen LogP contribution in [0.2, 0.25) is 0 Å². The molecule has 1 atom stereocenters. The summed E-state index contributed by atoms with van der Waals surface area (Å²) in [5.41, 5.74) is 3.45. The monoisotopic (exact) mass is 297 g/mol. The fourth-order valence-corrected chi connectivity index (χ4v) is 2.21. The van der Waals surface area contributed by atoms with Crippen molar-refractivity contribution in [3.05, 3.63) is 65.2 Å². The Bertz CT molecular complexity index is 623. The lowest BCUT2D eigenvalue weighted by Crippen LogP contribution is -2.37. The van der Waals surface area contributed by atoms with Gasteiger partial charge in [-0.25, -0.2) is 0 Å². The molecule has 2 rings (SSSR count). The normalized spacial score (nSPS) is 11.8. The molecule has 1 N–H and O–H groups in total. The largest absolute Gasteiger partial charge is 0.481 e. The number of rotatable bonds is 6. The van der Waals surface area contributed by atoms with E-state index in [4.69, 9.17) is 4.74 Å². The quantitative estimate of drug-likeness (QED) is 0.887. The van der Waals surface area contributed by atoms with E-state index >= 15 is 0 Å². The zero-order valence-corrected chi connectivity index (χ0v) is 13.4. The minimum Gasteiger partial charge on any atom is -0.481 e. The van der Waals surface area contributed by atoms with Gasteiger partial charge in [0.25, 0.3) is 5.91 Å². The van der Waals surface area contributed by atoms with E-state index in [2.05, 4.69) is 17.4 Å². The molecule has 0 aliphatic heterocycles. The van der Waals surface area contributed by atoms with Crippen LogP contribution in [-0.2, 0) is 11.2 Å². The Kier molecular flexibility index (Phi) is 5.59. The molecule has 22 heavy (non-hydrogen) atoms. The highest BCUT2D eigenvalue weighted by Crippen LogP contribution is 2.21. The summed E-state index contributed by atoms with van der Waals surface area (Å²) >= 11 is 0. The molecule has 0 heterocycles. The van der Waals surface area contributed by atoms with E-state index in [9.17, 15) is 4.79 Å². The van der Waals surface area contributed by atoms with Crippen molar-refractivity contribution < 1.29 is 9.53 Å². The van der Waals surface area contributed by atoms with Gasteiger partial charge in [-0.3, -0.25) is 4.79 Å². The highest BCUT2D eigenvalue weighted by atomic mass is 16.5. The summed E-state index contributed by atoms with van der Waals surface area (Å²) in [4.78, 5) is 12.1. The van der Waals surface area contributed by atoms with Crippen molar-refractivity contribution >= 4 is 5.91 Å². The van der Waals surface area contributed by atoms with Gasteiger partial charge in [-0.2, -0.15) is 0 Å². The molecule has 0 spiro atoms. The first-order valence-electron chi connectivity index (χ1n) is 7.62. The van der Waals surface area contributed by atoms with Crippen LogP contribution in [0.5, 0.6) is 5.75 Å². The second kappa shape index (κ2) is 7.64. The molecule has 2 aromatic rings. The average Bonchev–Trinajstić information content (AvgIpc) is 2.52. The van der Waals surface area contributed by atoms with Crippen LogP contribution in [0.15, 0.2) is 48.5 Å². The van der Waals surface area contributed by atoms with Crippen LogP contribution in [0.25, 0.3) is 0 Å². The molecule has 0 fully saturated rings. The summed E-state index contributed by atoms with van der Waals surface area (Å²) < 4.78 is 5.78. The number of carbonyl (C=O) groups excluding carboxylic acids is 1. The van der Waals surface area contributed by atoms with E-state index in [1.165, 1.54) is 5.56 Å². The third-order valence-corrected chi connectivity index (χ3v) is 3.78. The molecule has 0 aliphatic carbocycles. The Morgan fingerprint density at radius 3 is 2.55 bits per heavy atom. The van der Waals surface area contributed by atoms with E-state index in [0.29, 0.717) is 6.54 Å². The van der Waals surface area contributed by atoms with Crippen molar-refractivity contribution in [2.45, 2.75) is 33.3 Å². The number of benzene rings is 2. The molecular formula is C19H23NO2. The minimum atomic E-state index is -0.503. The second-order valence-electron chi connectivity index (χ2n) is 5.48. The summed E-state index contributed by atoms with van der Waals surface area (Å²) in [5, 5.41) is 2.92. The molecule has 0 aromatic heterocycles. The first-order valence-corrected chi connectivity index (χ1v) is 7.62. The van der Waals surface area contributed by atoms with Crippen LogP contribution in [-0.4, -0.2) is 18.6 Å². The van der Waals surface area contributed by atoms with E-state index in [0.717, 1.165) is 23.3 Å². The van der Waals surface area contributed by atoms with E-state index < -0.39 is 6.10 Å². The number of aryl methyl sites for hydroxylation is 1. The molecule has 3 heteroatoms. The van der Waals surface area contributed by atoms with Crippen molar-refractivity contribution in [3.8, 4) is 5.75 Å². The standard InChI is InChI=1S/C19H23NO2/c1-14-8-7-11-18(15(14)2)22-16(3)19(21)20-13-12-17-9-5-4-6-10-17/h4-11,16H,12-13H2,1-3H3,(H,20,21)/t16-/m0/s1. The minimum absolute atomic E-state index is 0.0863. The van der Waals surface area contributed by atoms with Crippen LogP contribution in [0.4, 0.5) is 0 Å². The Hall–Kier alpha value is -2.29. The van der Waals surface area contributed by atoms with Crippen LogP contribution >= 0.6 is 0 Å². The molecule has 0 bridgehead atoms. The highest BCUT2D eigenvalue weighted by Gasteiger charge is 2.15.